The molecule has 4 aromatic rings. The van der Waals surface area contributed by atoms with E-state index in [1.54, 1.807) is 30.5 Å². The maximum absolute atomic E-state index is 13.1. The average Bonchev–Trinajstić information content (AvgIpc) is 3.25. The number of anilines is 2. The lowest BCUT2D eigenvalue weighted by molar-refractivity contribution is 0.102. The van der Waals surface area contributed by atoms with Gasteiger partial charge in [-0.25, -0.2) is 4.68 Å². The van der Waals surface area contributed by atoms with Crippen molar-refractivity contribution in [1.29, 1.82) is 0 Å². The fourth-order valence-electron chi connectivity index (χ4n) is 3.67. The number of hydrogen-bond donors (Lipinski definition) is 2. The van der Waals surface area contributed by atoms with Crippen LogP contribution in [-0.4, -0.2) is 15.7 Å². The molecule has 0 saturated heterocycles. The maximum atomic E-state index is 13.1. The van der Waals surface area contributed by atoms with Crippen molar-refractivity contribution in [2.24, 2.45) is 0 Å². The quantitative estimate of drug-likeness (QED) is 0.430. The molecule has 5 nitrogen and oxygen atoms in total. The SMILES string of the molecule is O=C(Nc1ccc(Cl)cc1)c1cnn2c1NC(c1ccccc1)=C[C@@H]2c1ccccc1. The molecule has 1 atom stereocenters. The number of aromatic nitrogens is 2. The van der Waals surface area contributed by atoms with Crippen molar-refractivity contribution in [2.75, 3.05) is 10.6 Å². The zero-order valence-electron chi connectivity index (χ0n) is 16.5. The first-order valence-electron chi connectivity index (χ1n) is 9.93. The molecule has 0 unspecified atom stereocenters. The van der Waals surface area contributed by atoms with E-state index < -0.39 is 0 Å². The van der Waals surface area contributed by atoms with Gasteiger partial charge in [-0.2, -0.15) is 5.10 Å². The highest BCUT2D eigenvalue weighted by Gasteiger charge is 2.27. The van der Waals surface area contributed by atoms with E-state index in [2.05, 4.69) is 33.9 Å². The molecule has 1 amide bonds. The van der Waals surface area contributed by atoms with Crippen LogP contribution in [0.1, 0.15) is 27.5 Å². The molecule has 31 heavy (non-hydrogen) atoms. The third-order valence-electron chi connectivity index (χ3n) is 5.21. The predicted molar refractivity (Wildman–Crippen MR) is 124 cm³/mol. The standard InChI is InChI=1S/C25H19ClN4O/c26-19-11-13-20(14-12-19)28-25(31)21-16-27-30-23(18-9-5-2-6-10-18)15-22(29-24(21)30)17-7-3-1-4-8-17/h1-16,23,29H,(H,28,31)/t23-/m1/s1. The summed E-state index contributed by atoms with van der Waals surface area (Å²) in [4.78, 5) is 13.1. The number of carbonyl (C=O) groups is 1. The van der Waals surface area contributed by atoms with E-state index in [-0.39, 0.29) is 11.9 Å². The normalized spacial score (nSPS) is 14.9. The number of nitrogens with one attached hydrogen (secondary N) is 2. The molecule has 2 N–H and O–H groups in total. The van der Waals surface area contributed by atoms with Gasteiger partial charge in [-0.05, 0) is 41.5 Å². The molecular weight excluding hydrogens is 408 g/mol. The third kappa shape index (κ3) is 3.83. The molecule has 1 aromatic heterocycles. The van der Waals surface area contributed by atoms with Crippen molar-refractivity contribution in [1.82, 2.24) is 9.78 Å². The lowest BCUT2D eigenvalue weighted by atomic mass is 10.0. The van der Waals surface area contributed by atoms with Crippen LogP contribution in [0.5, 0.6) is 0 Å². The van der Waals surface area contributed by atoms with E-state index >= 15 is 0 Å². The first-order chi connectivity index (χ1) is 15.2. The molecular formula is C25H19ClN4O. The molecule has 0 radical (unpaired) electrons. The molecule has 0 fully saturated rings. The van der Waals surface area contributed by atoms with Gasteiger partial charge in [0, 0.05) is 16.4 Å². The van der Waals surface area contributed by atoms with Crippen molar-refractivity contribution in [3.05, 3.63) is 119 Å². The van der Waals surface area contributed by atoms with Crippen LogP contribution in [0.4, 0.5) is 11.5 Å². The van der Waals surface area contributed by atoms with Gasteiger partial charge in [-0.3, -0.25) is 4.79 Å². The van der Waals surface area contributed by atoms with Crippen molar-refractivity contribution in [3.8, 4) is 0 Å². The van der Waals surface area contributed by atoms with Crippen LogP contribution >= 0.6 is 11.6 Å². The number of hydrogen-bond acceptors (Lipinski definition) is 3. The Morgan fingerprint density at radius 3 is 2.32 bits per heavy atom. The highest BCUT2D eigenvalue weighted by Crippen LogP contribution is 2.35. The Bertz CT molecular complexity index is 1250. The van der Waals surface area contributed by atoms with Gasteiger partial charge in [0.15, 0.2) is 0 Å². The van der Waals surface area contributed by atoms with Crippen molar-refractivity contribution in [2.45, 2.75) is 6.04 Å². The van der Waals surface area contributed by atoms with Crippen molar-refractivity contribution >= 4 is 34.7 Å². The van der Waals surface area contributed by atoms with Crippen LogP contribution in [0.25, 0.3) is 5.70 Å². The lowest BCUT2D eigenvalue weighted by Gasteiger charge is -2.26. The zero-order chi connectivity index (χ0) is 21.2. The summed E-state index contributed by atoms with van der Waals surface area (Å²) in [5.41, 5.74) is 4.20. The largest absolute Gasteiger partial charge is 0.339 e. The zero-order valence-corrected chi connectivity index (χ0v) is 17.3. The number of halogens is 1. The number of rotatable bonds is 4. The molecule has 0 bridgehead atoms. The second kappa shape index (κ2) is 8.13. The molecule has 2 heterocycles. The number of benzene rings is 3. The van der Waals surface area contributed by atoms with Gasteiger partial charge in [0.05, 0.1) is 12.2 Å². The van der Waals surface area contributed by atoms with Crippen LogP contribution in [0.3, 0.4) is 0 Å². The molecule has 5 rings (SSSR count). The van der Waals surface area contributed by atoms with Gasteiger partial charge in [0.2, 0.25) is 0 Å². The lowest BCUT2D eigenvalue weighted by Crippen LogP contribution is -2.22. The number of nitrogens with zero attached hydrogens (tertiary/aromatic N) is 2. The van der Waals surface area contributed by atoms with E-state index in [9.17, 15) is 4.79 Å². The summed E-state index contributed by atoms with van der Waals surface area (Å²) < 4.78 is 1.85. The van der Waals surface area contributed by atoms with Crippen LogP contribution in [0, 0.1) is 0 Å². The van der Waals surface area contributed by atoms with Crippen LogP contribution in [0.2, 0.25) is 5.02 Å². The third-order valence-corrected chi connectivity index (χ3v) is 5.46. The van der Waals surface area contributed by atoms with Crippen LogP contribution in [-0.2, 0) is 0 Å². The van der Waals surface area contributed by atoms with E-state index in [1.807, 2.05) is 53.2 Å². The fraction of sp³-hybridized carbons (Fsp3) is 0.0400. The van der Waals surface area contributed by atoms with Gasteiger partial charge >= 0.3 is 0 Å². The van der Waals surface area contributed by atoms with Gasteiger partial charge in [-0.1, -0.05) is 72.3 Å². The first-order valence-corrected chi connectivity index (χ1v) is 10.3. The molecule has 152 valence electrons. The Morgan fingerprint density at radius 2 is 1.61 bits per heavy atom. The minimum absolute atomic E-state index is 0.135. The molecule has 1 aliphatic rings. The summed E-state index contributed by atoms with van der Waals surface area (Å²) in [5.74, 6) is 0.416. The predicted octanol–water partition coefficient (Wildman–Crippen LogP) is 5.84. The Hall–Kier alpha value is -3.83. The van der Waals surface area contributed by atoms with Crippen molar-refractivity contribution in [3.63, 3.8) is 0 Å². The van der Waals surface area contributed by atoms with E-state index in [4.69, 9.17) is 11.6 Å². The smallest absolute Gasteiger partial charge is 0.261 e. The van der Waals surface area contributed by atoms with Gasteiger partial charge in [0.1, 0.15) is 11.4 Å². The topological polar surface area (TPSA) is 59.0 Å². The number of carbonyl (C=O) groups excluding carboxylic acids is 1. The van der Waals surface area contributed by atoms with Gasteiger partial charge in [-0.15, -0.1) is 0 Å². The molecule has 0 spiro atoms. The van der Waals surface area contributed by atoms with E-state index in [1.165, 1.54) is 0 Å². The molecule has 0 aliphatic carbocycles. The van der Waals surface area contributed by atoms with Crippen LogP contribution in [0.15, 0.2) is 97.2 Å². The Kier molecular flexibility index (Phi) is 5.02. The number of allylic oxidation sites excluding steroid dienone is 1. The number of amides is 1. The van der Waals surface area contributed by atoms with Crippen LogP contribution < -0.4 is 10.6 Å². The summed E-state index contributed by atoms with van der Waals surface area (Å²) in [5, 5.41) is 11.5. The molecule has 0 saturated carbocycles. The minimum Gasteiger partial charge on any atom is -0.339 e. The van der Waals surface area contributed by atoms with E-state index in [0.29, 0.717) is 22.1 Å². The summed E-state index contributed by atoms with van der Waals surface area (Å²) in [7, 11) is 0. The average molecular weight is 427 g/mol. The maximum Gasteiger partial charge on any atom is 0.261 e. The summed E-state index contributed by atoms with van der Waals surface area (Å²) in [6.45, 7) is 0. The summed E-state index contributed by atoms with van der Waals surface area (Å²) >= 11 is 5.95. The van der Waals surface area contributed by atoms with Gasteiger partial charge < -0.3 is 10.6 Å². The highest BCUT2D eigenvalue weighted by atomic mass is 35.5. The minimum atomic E-state index is -0.239. The molecule has 6 heteroatoms. The highest BCUT2D eigenvalue weighted by molar-refractivity contribution is 6.30. The van der Waals surface area contributed by atoms with Crippen molar-refractivity contribution < 1.29 is 4.79 Å². The Morgan fingerprint density at radius 1 is 0.935 bits per heavy atom. The summed E-state index contributed by atoms with van der Waals surface area (Å²) in [6.07, 6.45) is 3.73. The second-order valence-corrected chi connectivity index (χ2v) is 7.68. The fourth-order valence-corrected chi connectivity index (χ4v) is 3.79. The van der Waals surface area contributed by atoms with Gasteiger partial charge in [0.25, 0.3) is 5.91 Å². The Balaban J connectivity index is 1.54. The molecule has 3 aromatic carbocycles. The first kappa shape index (κ1) is 19.2. The monoisotopic (exact) mass is 426 g/mol. The molecule has 1 aliphatic heterocycles. The van der Waals surface area contributed by atoms with E-state index in [0.717, 1.165) is 16.8 Å². The second-order valence-electron chi connectivity index (χ2n) is 7.24. The Labute approximate surface area is 185 Å². The number of fused-ring (bicyclic) bond motifs is 1. The summed E-state index contributed by atoms with van der Waals surface area (Å²) in [6, 6.07) is 27.1.